The van der Waals surface area contributed by atoms with Crippen molar-refractivity contribution in [2.75, 3.05) is 26.7 Å². The van der Waals surface area contributed by atoms with Crippen LogP contribution < -0.4 is 10.6 Å². The van der Waals surface area contributed by atoms with Crippen molar-refractivity contribution >= 4 is 29.9 Å². The van der Waals surface area contributed by atoms with E-state index in [9.17, 15) is 0 Å². The second-order valence-corrected chi connectivity index (χ2v) is 5.18. The Balaban J connectivity index is 0.00000400. The molecule has 1 aromatic rings. The van der Waals surface area contributed by atoms with Crippen molar-refractivity contribution in [2.24, 2.45) is 4.99 Å². The predicted octanol–water partition coefficient (Wildman–Crippen LogP) is 2.70. The van der Waals surface area contributed by atoms with Crippen LogP contribution in [-0.4, -0.2) is 43.6 Å². The van der Waals surface area contributed by atoms with Crippen molar-refractivity contribution in [3.05, 3.63) is 35.9 Å². The lowest BCUT2D eigenvalue weighted by Crippen LogP contribution is -2.42. The third-order valence-electron chi connectivity index (χ3n) is 3.25. The van der Waals surface area contributed by atoms with Crippen LogP contribution in [0.5, 0.6) is 0 Å². The van der Waals surface area contributed by atoms with Crippen LogP contribution in [0.2, 0.25) is 0 Å². The average Bonchev–Trinajstić information content (AvgIpc) is 2.45. The van der Waals surface area contributed by atoms with Gasteiger partial charge in [-0.3, -0.25) is 0 Å². The number of hydrogen-bond acceptors (Lipinski definition) is 2. The predicted molar refractivity (Wildman–Crippen MR) is 102 cm³/mol. The quantitative estimate of drug-likeness (QED) is 0.417. The second-order valence-electron chi connectivity index (χ2n) is 5.18. The van der Waals surface area contributed by atoms with Gasteiger partial charge in [-0.15, -0.1) is 24.0 Å². The van der Waals surface area contributed by atoms with E-state index in [0.717, 1.165) is 25.6 Å². The molecule has 0 fully saturated rings. The minimum atomic E-state index is 0. The highest BCUT2D eigenvalue weighted by molar-refractivity contribution is 14.0. The molecule has 0 saturated carbocycles. The summed E-state index contributed by atoms with van der Waals surface area (Å²) >= 11 is 0. The zero-order valence-electron chi connectivity index (χ0n) is 13.6. The van der Waals surface area contributed by atoms with Gasteiger partial charge in [-0.1, -0.05) is 30.3 Å². The molecule has 0 radical (unpaired) electrons. The highest BCUT2D eigenvalue weighted by atomic mass is 127. The van der Waals surface area contributed by atoms with Gasteiger partial charge < -0.3 is 15.5 Å². The molecule has 4 nitrogen and oxygen atoms in total. The van der Waals surface area contributed by atoms with Crippen molar-refractivity contribution in [3.8, 4) is 0 Å². The van der Waals surface area contributed by atoms with Gasteiger partial charge in [-0.2, -0.15) is 0 Å². The summed E-state index contributed by atoms with van der Waals surface area (Å²) in [6.07, 6.45) is 0. The van der Waals surface area contributed by atoms with Crippen LogP contribution in [0.4, 0.5) is 0 Å². The molecule has 0 heterocycles. The molecule has 2 N–H and O–H groups in total. The van der Waals surface area contributed by atoms with Crippen molar-refractivity contribution in [2.45, 2.75) is 33.4 Å². The summed E-state index contributed by atoms with van der Waals surface area (Å²) in [5, 5.41) is 6.65. The lowest BCUT2D eigenvalue weighted by Gasteiger charge is -2.21. The molecule has 21 heavy (non-hydrogen) atoms. The SMILES string of the molecule is CCNC(=NCc1ccccc1)NCCN(C)C(C)C.I. The number of guanidine groups is 1. The Morgan fingerprint density at radius 3 is 2.43 bits per heavy atom. The fourth-order valence-corrected chi connectivity index (χ4v) is 1.70. The molecule has 0 atom stereocenters. The van der Waals surface area contributed by atoms with Gasteiger partial charge in [-0.05, 0) is 33.4 Å². The minimum Gasteiger partial charge on any atom is -0.357 e. The Bertz CT molecular complexity index is 393. The monoisotopic (exact) mass is 404 g/mol. The summed E-state index contributed by atoms with van der Waals surface area (Å²) < 4.78 is 0. The summed E-state index contributed by atoms with van der Waals surface area (Å²) in [5.74, 6) is 0.883. The molecule has 0 aliphatic rings. The van der Waals surface area contributed by atoms with Gasteiger partial charge in [0.05, 0.1) is 6.54 Å². The normalized spacial score (nSPS) is 11.4. The fraction of sp³-hybridized carbons (Fsp3) is 0.562. The molecule has 1 aromatic carbocycles. The van der Waals surface area contributed by atoms with Gasteiger partial charge >= 0.3 is 0 Å². The number of nitrogens with zero attached hydrogens (tertiary/aromatic N) is 2. The third-order valence-corrected chi connectivity index (χ3v) is 3.25. The molecule has 0 aliphatic heterocycles. The molecule has 0 amide bonds. The first-order chi connectivity index (χ1) is 9.63. The maximum atomic E-state index is 4.60. The average molecular weight is 404 g/mol. The number of nitrogens with one attached hydrogen (secondary N) is 2. The van der Waals surface area contributed by atoms with Crippen LogP contribution in [-0.2, 0) is 6.54 Å². The summed E-state index contributed by atoms with van der Waals surface area (Å²) in [5.41, 5.74) is 1.23. The lowest BCUT2D eigenvalue weighted by atomic mass is 10.2. The number of benzene rings is 1. The number of halogens is 1. The first-order valence-corrected chi connectivity index (χ1v) is 7.39. The Morgan fingerprint density at radius 2 is 1.86 bits per heavy atom. The van der Waals surface area contributed by atoms with Gasteiger partial charge in [0.2, 0.25) is 0 Å². The Morgan fingerprint density at radius 1 is 1.19 bits per heavy atom. The summed E-state index contributed by atoms with van der Waals surface area (Å²) in [6, 6.07) is 10.9. The van der Waals surface area contributed by atoms with Crippen molar-refractivity contribution in [1.82, 2.24) is 15.5 Å². The zero-order valence-corrected chi connectivity index (χ0v) is 15.9. The number of hydrogen-bond donors (Lipinski definition) is 2. The van der Waals surface area contributed by atoms with Gasteiger partial charge in [0.1, 0.15) is 0 Å². The van der Waals surface area contributed by atoms with Crippen LogP contribution >= 0.6 is 24.0 Å². The second kappa shape index (κ2) is 11.8. The van der Waals surface area contributed by atoms with Gasteiger partial charge in [-0.25, -0.2) is 4.99 Å². The van der Waals surface area contributed by atoms with Crippen LogP contribution in [0.1, 0.15) is 26.3 Å². The molecule has 120 valence electrons. The van der Waals surface area contributed by atoms with Crippen LogP contribution in [0.25, 0.3) is 0 Å². The third kappa shape index (κ3) is 8.93. The van der Waals surface area contributed by atoms with Crippen LogP contribution in [0, 0.1) is 0 Å². The lowest BCUT2D eigenvalue weighted by molar-refractivity contribution is 0.278. The Labute approximate surface area is 146 Å². The smallest absolute Gasteiger partial charge is 0.191 e. The molecule has 0 unspecified atom stereocenters. The largest absolute Gasteiger partial charge is 0.357 e. The molecule has 0 bridgehead atoms. The molecule has 5 heteroatoms. The van der Waals surface area contributed by atoms with Crippen LogP contribution in [0.15, 0.2) is 35.3 Å². The van der Waals surface area contributed by atoms with E-state index in [1.165, 1.54) is 5.56 Å². The zero-order chi connectivity index (χ0) is 14.8. The van der Waals surface area contributed by atoms with E-state index in [1.54, 1.807) is 0 Å². The first kappa shape index (κ1) is 20.2. The van der Waals surface area contributed by atoms with Gasteiger partial charge in [0.25, 0.3) is 0 Å². The molecular formula is C16H29IN4. The number of aliphatic imine (C=N–C) groups is 1. The molecule has 0 spiro atoms. The van der Waals surface area contributed by atoms with E-state index in [4.69, 9.17) is 0 Å². The summed E-state index contributed by atoms with van der Waals surface area (Å²) in [6.45, 7) is 9.98. The van der Waals surface area contributed by atoms with E-state index in [1.807, 2.05) is 18.2 Å². The van der Waals surface area contributed by atoms with E-state index < -0.39 is 0 Å². The van der Waals surface area contributed by atoms with Crippen molar-refractivity contribution in [3.63, 3.8) is 0 Å². The molecule has 0 aliphatic carbocycles. The van der Waals surface area contributed by atoms with E-state index in [-0.39, 0.29) is 24.0 Å². The molecule has 0 aromatic heterocycles. The fourth-order valence-electron chi connectivity index (χ4n) is 1.70. The first-order valence-electron chi connectivity index (χ1n) is 7.39. The molecular weight excluding hydrogens is 375 g/mol. The highest BCUT2D eigenvalue weighted by Crippen LogP contribution is 1.99. The van der Waals surface area contributed by atoms with E-state index in [0.29, 0.717) is 12.6 Å². The van der Waals surface area contributed by atoms with E-state index >= 15 is 0 Å². The summed E-state index contributed by atoms with van der Waals surface area (Å²) in [4.78, 5) is 6.91. The van der Waals surface area contributed by atoms with E-state index in [2.05, 4.69) is 60.5 Å². The molecule has 0 saturated heterocycles. The summed E-state index contributed by atoms with van der Waals surface area (Å²) in [7, 11) is 2.14. The maximum Gasteiger partial charge on any atom is 0.191 e. The Kier molecular flexibility index (Phi) is 11.3. The Hall–Kier alpha value is -0.820. The standard InChI is InChI=1S/C16H28N4.HI/c1-5-17-16(18-11-12-20(4)14(2)3)19-13-15-9-7-6-8-10-15;/h6-10,14H,5,11-13H2,1-4H3,(H2,17,18,19);1H. The minimum absolute atomic E-state index is 0. The van der Waals surface area contributed by atoms with Crippen molar-refractivity contribution < 1.29 is 0 Å². The molecule has 1 rings (SSSR count). The van der Waals surface area contributed by atoms with Gasteiger partial charge in [0, 0.05) is 25.7 Å². The van der Waals surface area contributed by atoms with Crippen LogP contribution in [0.3, 0.4) is 0 Å². The number of rotatable bonds is 7. The van der Waals surface area contributed by atoms with Gasteiger partial charge in [0.15, 0.2) is 5.96 Å². The highest BCUT2D eigenvalue weighted by Gasteiger charge is 2.03. The van der Waals surface area contributed by atoms with Crippen molar-refractivity contribution in [1.29, 1.82) is 0 Å². The number of likely N-dealkylation sites (N-methyl/N-ethyl adjacent to an activating group) is 1. The topological polar surface area (TPSA) is 39.7 Å². The maximum absolute atomic E-state index is 4.60.